The first-order valence-corrected chi connectivity index (χ1v) is 6.74. The summed E-state index contributed by atoms with van der Waals surface area (Å²) < 4.78 is 38.4. The van der Waals surface area contributed by atoms with Gasteiger partial charge in [-0.2, -0.15) is 13.2 Å². The van der Waals surface area contributed by atoms with E-state index in [1.54, 1.807) is 48.7 Å². The van der Waals surface area contributed by atoms with E-state index in [9.17, 15) is 13.2 Å². The van der Waals surface area contributed by atoms with Crippen LogP contribution in [0.15, 0.2) is 54.7 Å². The lowest BCUT2D eigenvalue weighted by atomic mass is 10.0. The Kier molecular flexibility index (Phi) is 4.96. The van der Waals surface area contributed by atoms with Crippen LogP contribution < -0.4 is 5.32 Å². The predicted molar refractivity (Wildman–Crippen MR) is 75.6 cm³/mol. The fraction of sp³-hybridized carbons (Fsp3) is 0.312. The average Bonchev–Trinajstić information content (AvgIpc) is 2.47. The highest BCUT2D eigenvalue weighted by atomic mass is 19.4. The third-order valence-corrected chi connectivity index (χ3v) is 3.22. The number of hydrogen-bond donors (Lipinski definition) is 1. The predicted octanol–water partition coefficient (Wildman–Crippen LogP) is 4.43. The fourth-order valence-electron chi connectivity index (χ4n) is 2.21. The maximum Gasteiger partial charge on any atom is 0.390 e. The molecule has 1 unspecified atom stereocenters. The van der Waals surface area contributed by atoms with Crippen LogP contribution in [0.1, 0.15) is 36.7 Å². The number of nitrogens with one attached hydrogen (secondary N) is 1. The van der Waals surface area contributed by atoms with Crippen molar-refractivity contribution in [2.75, 3.05) is 0 Å². The SMILES string of the molecule is C[C@@H](NC(CC(F)(F)F)c1ccccc1)c1ccccn1. The summed E-state index contributed by atoms with van der Waals surface area (Å²) >= 11 is 0. The Morgan fingerprint density at radius 2 is 1.71 bits per heavy atom. The number of rotatable bonds is 5. The number of alkyl halides is 3. The third-order valence-electron chi connectivity index (χ3n) is 3.22. The van der Waals surface area contributed by atoms with Crippen molar-refractivity contribution in [1.29, 1.82) is 0 Å². The Balaban J connectivity index is 2.16. The number of aromatic nitrogens is 1. The zero-order chi connectivity index (χ0) is 15.3. The molecule has 0 fully saturated rings. The highest BCUT2D eigenvalue weighted by Crippen LogP contribution is 2.31. The molecule has 0 spiro atoms. The van der Waals surface area contributed by atoms with E-state index in [1.807, 2.05) is 13.0 Å². The maximum atomic E-state index is 12.8. The largest absolute Gasteiger partial charge is 0.390 e. The highest BCUT2D eigenvalue weighted by molar-refractivity contribution is 5.20. The molecule has 2 atom stereocenters. The van der Waals surface area contributed by atoms with E-state index >= 15 is 0 Å². The second kappa shape index (κ2) is 6.72. The van der Waals surface area contributed by atoms with Crippen LogP contribution in [0.2, 0.25) is 0 Å². The summed E-state index contributed by atoms with van der Waals surface area (Å²) in [6.45, 7) is 1.81. The molecule has 1 N–H and O–H groups in total. The summed E-state index contributed by atoms with van der Waals surface area (Å²) in [5.74, 6) is 0. The van der Waals surface area contributed by atoms with Gasteiger partial charge in [-0.25, -0.2) is 0 Å². The van der Waals surface area contributed by atoms with E-state index < -0.39 is 18.6 Å². The second-order valence-electron chi connectivity index (χ2n) is 4.93. The quantitative estimate of drug-likeness (QED) is 0.882. The first kappa shape index (κ1) is 15.5. The van der Waals surface area contributed by atoms with Crippen LogP contribution in [0.25, 0.3) is 0 Å². The van der Waals surface area contributed by atoms with Gasteiger partial charge in [0.25, 0.3) is 0 Å². The first-order valence-electron chi connectivity index (χ1n) is 6.74. The van der Waals surface area contributed by atoms with E-state index in [4.69, 9.17) is 0 Å². The number of nitrogens with zero attached hydrogens (tertiary/aromatic N) is 1. The van der Waals surface area contributed by atoms with Gasteiger partial charge >= 0.3 is 6.18 Å². The van der Waals surface area contributed by atoms with E-state index in [0.29, 0.717) is 5.56 Å². The van der Waals surface area contributed by atoms with Crippen LogP contribution in [0.5, 0.6) is 0 Å². The summed E-state index contributed by atoms with van der Waals surface area (Å²) in [4.78, 5) is 4.18. The molecule has 0 bridgehead atoms. The van der Waals surface area contributed by atoms with Crippen LogP contribution >= 0.6 is 0 Å². The minimum Gasteiger partial charge on any atom is -0.302 e. The van der Waals surface area contributed by atoms with E-state index in [2.05, 4.69) is 10.3 Å². The average molecular weight is 294 g/mol. The number of pyridine rings is 1. The molecule has 21 heavy (non-hydrogen) atoms. The van der Waals surface area contributed by atoms with Crippen LogP contribution in [0, 0.1) is 0 Å². The van der Waals surface area contributed by atoms with Crippen molar-refractivity contribution in [3.63, 3.8) is 0 Å². The summed E-state index contributed by atoms with van der Waals surface area (Å²) in [6, 6.07) is 13.0. The van der Waals surface area contributed by atoms with Gasteiger partial charge in [-0.1, -0.05) is 36.4 Å². The molecule has 0 aliphatic rings. The Labute approximate surface area is 122 Å². The van der Waals surface area contributed by atoms with Gasteiger partial charge in [-0.3, -0.25) is 4.98 Å². The third kappa shape index (κ3) is 4.86. The summed E-state index contributed by atoms with van der Waals surface area (Å²) in [5.41, 5.74) is 1.35. The van der Waals surface area contributed by atoms with E-state index in [0.717, 1.165) is 5.69 Å². The molecule has 0 radical (unpaired) electrons. The Hall–Kier alpha value is -1.88. The van der Waals surface area contributed by atoms with Crippen molar-refractivity contribution in [1.82, 2.24) is 10.3 Å². The van der Waals surface area contributed by atoms with Gasteiger partial charge in [-0.05, 0) is 24.6 Å². The monoisotopic (exact) mass is 294 g/mol. The van der Waals surface area contributed by atoms with Crippen molar-refractivity contribution in [3.05, 3.63) is 66.0 Å². The lowest BCUT2D eigenvalue weighted by Crippen LogP contribution is -2.29. The van der Waals surface area contributed by atoms with Gasteiger partial charge < -0.3 is 5.32 Å². The first-order chi connectivity index (χ1) is 9.96. The zero-order valence-corrected chi connectivity index (χ0v) is 11.6. The van der Waals surface area contributed by atoms with Gasteiger partial charge in [0.15, 0.2) is 0 Å². The van der Waals surface area contributed by atoms with Gasteiger partial charge in [0.1, 0.15) is 0 Å². The molecule has 1 aromatic carbocycles. The fourth-order valence-corrected chi connectivity index (χ4v) is 2.21. The van der Waals surface area contributed by atoms with Crippen LogP contribution in [0.3, 0.4) is 0 Å². The molecule has 5 heteroatoms. The lowest BCUT2D eigenvalue weighted by Gasteiger charge is -2.24. The van der Waals surface area contributed by atoms with E-state index in [-0.39, 0.29) is 6.04 Å². The molecule has 1 heterocycles. The molecule has 2 nitrogen and oxygen atoms in total. The molecule has 0 saturated heterocycles. The minimum atomic E-state index is -4.22. The van der Waals surface area contributed by atoms with Gasteiger partial charge in [0.05, 0.1) is 12.1 Å². The number of benzene rings is 1. The van der Waals surface area contributed by atoms with Crippen molar-refractivity contribution in [3.8, 4) is 0 Å². The maximum absolute atomic E-state index is 12.8. The Bertz CT molecular complexity index is 540. The minimum absolute atomic E-state index is 0.265. The zero-order valence-electron chi connectivity index (χ0n) is 11.6. The van der Waals surface area contributed by atoms with Gasteiger partial charge in [-0.15, -0.1) is 0 Å². The van der Waals surface area contributed by atoms with Crippen molar-refractivity contribution >= 4 is 0 Å². The summed E-state index contributed by atoms with van der Waals surface area (Å²) in [5, 5.41) is 3.02. The molecule has 112 valence electrons. The van der Waals surface area contributed by atoms with Crippen LogP contribution in [0.4, 0.5) is 13.2 Å². The highest BCUT2D eigenvalue weighted by Gasteiger charge is 2.33. The van der Waals surface area contributed by atoms with Crippen molar-refractivity contribution in [2.24, 2.45) is 0 Å². The summed E-state index contributed by atoms with van der Waals surface area (Å²) in [7, 11) is 0. The Morgan fingerprint density at radius 3 is 2.29 bits per heavy atom. The van der Waals surface area contributed by atoms with Crippen LogP contribution in [-0.2, 0) is 0 Å². The molecular formula is C16H17F3N2. The number of halogens is 3. The van der Waals surface area contributed by atoms with Crippen molar-refractivity contribution < 1.29 is 13.2 Å². The molecule has 2 rings (SSSR count). The topological polar surface area (TPSA) is 24.9 Å². The summed E-state index contributed by atoms with van der Waals surface area (Å²) in [6.07, 6.45) is -3.50. The molecular weight excluding hydrogens is 277 g/mol. The van der Waals surface area contributed by atoms with Crippen LogP contribution in [-0.4, -0.2) is 11.2 Å². The molecule has 2 aromatic rings. The van der Waals surface area contributed by atoms with Gasteiger partial charge in [0, 0.05) is 18.3 Å². The van der Waals surface area contributed by atoms with E-state index in [1.165, 1.54) is 0 Å². The smallest absolute Gasteiger partial charge is 0.302 e. The number of hydrogen-bond acceptors (Lipinski definition) is 2. The molecule has 1 aromatic heterocycles. The second-order valence-corrected chi connectivity index (χ2v) is 4.93. The molecule has 0 amide bonds. The lowest BCUT2D eigenvalue weighted by molar-refractivity contribution is -0.140. The molecule has 0 saturated carbocycles. The normalized spacial score (nSPS) is 14.7. The molecule has 0 aliphatic carbocycles. The van der Waals surface area contributed by atoms with Gasteiger partial charge in [0.2, 0.25) is 0 Å². The molecule has 0 aliphatic heterocycles. The standard InChI is InChI=1S/C16H17F3N2/c1-12(14-9-5-6-10-20-14)21-15(11-16(17,18)19)13-7-3-2-4-8-13/h2-10,12,15,21H,11H2,1H3/t12-,15?/m1/s1. The Morgan fingerprint density at radius 1 is 1.05 bits per heavy atom. The van der Waals surface area contributed by atoms with Crippen molar-refractivity contribution in [2.45, 2.75) is 31.6 Å².